The standard InChI is InChI=1S/C14H15ClFN3O/c1-2-6-17-7-10-8-18-9-13(19-10)20-12-5-3-4-11(15)14(12)16/h3-5,8-9,17H,2,6-7H2,1H3. The van der Waals surface area contributed by atoms with Crippen molar-refractivity contribution in [2.45, 2.75) is 19.9 Å². The third-order valence-electron chi connectivity index (χ3n) is 2.53. The largest absolute Gasteiger partial charge is 0.434 e. The van der Waals surface area contributed by atoms with Crippen molar-refractivity contribution in [2.75, 3.05) is 6.54 Å². The SMILES string of the molecule is CCCNCc1cncc(Oc2cccc(Cl)c2F)n1. The fourth-order valence-corrected chi connectivity index (χ4v) is 1.76. The molecule has 1 aromatic heterocycles. The minimum absolute atomic E-state index is 0.0104. The summed E-state index contributed by atoms with van der Waals surface area (Å²) < 4.78 is 19.1. The van der Waals surface area contributed by atoms with E-state index in [9.17, 15) is 4.39 Å². The van der Waals surface area contributed by atoms with Crippen LogP contribution in [0.2, 0.25) is 5.02 Å². The van der Waals surface area contributed by atoms with Crippen LogP contribution in [0.3, 0.4) is 0 Å². The average molecular weight is 296 g/mol. The second kappa shape index (κ2) is 7.17. The maximum absolute atomic E-state index is 13.7. The molecule has 4 nitrogen and oxygen atoms in total. The van der Waals surface area contributed by atoms with E-state index in [0.29, 0.717) is 6.54 Å². The number of benzene rings is 1. The lowest BCUT2D eigenvalue weighted by Gasteiger charge is -2.08. The van der Waals surface area contributed by atoms with E-state index in [1.165, 1.54) is 18.3 Å². The van der Waals surface area contributed by atoms with Gasteiger partial charge in [-0.2, -0.15) is 0 Å². The van der Waals surface area contributed by atoms with Gasteiger partial charge >= 0.3 is 0 Å². The van der Waals surface area contributed by atoms with Crippen molar-refractivity contribution in [1.82, 2.24) is 15.3 Å². The smallest absolute Gasteiger partial charge is 0.238 e. The third kappa shape index (κ3) is 3.88. The van der Waals surface area contributed by atoms with Crippen LogP contribution in [-0.4, -0.2) is 16.5 Å². The van der Waals surface area contributed by atoms with Gasteiger partial charge in [0.25, 0.3) is 0 Å². The van der Waals surface area contributed by atoms with Crippen molar-refractivity contribution in [3.05, 3.63) is 47.1 Å². The first-order valence-electron chi connectivity index (χ1n) is 6.34. The first kappa shape index (κ1) is 14.7. The van der Waals surface area contributed by atoms with Gasteiger partial charge in [-0.15, -0.1) is 0 Å². The summed E-state index contributed by atoms with van der Waals surface area (Å²) in [7, 11) is 0. The molecule has 0 aliphatic heterocycles. The number of nitrogens with zero attached hydrogens (tertiary/aromatic N) is 2. The van der Waals surface area contributed by atoms with Crippen LogP contribution >= 0.6 is 11.6 Å². The number of ether oxygens (including phenoxy) is 1. The Hall–Kier alpha value is -1.72. The van der Waals surface area contributed by atoms with Gasteiger partial charge in [-0.3, -0.25) is 4.98 Å². The van der Waals surface area contributed by atoms with E-state index in [1.807, 2.05) is 0 Å². The second-order valence-electron chi connectivity index (χ2n) is 4.18. The summed E-state index contributed by atoms with van der Waals surface area (Å²) in [5, 5.41) is 3.22. The monoisotopic (exact) mass is 295 g/mol. The minimum atomic E-state index is -0.606. The highest BCUT2D eigenvalue weighted by Gasteiger charge is 2.09. The van der Waals surface area contributed by atoms with E-state index in [4.69, 9.17) is 16.3 Å². The molecule has 1 heterocycles. The maximum Gasteiger partial charge on any atom is 0.238 e. The Kier molecular flexibility index (Phi) is 5.26. The molecule has 0 atom stereocenters. The number of aromatic nitrogens is 2. The molecule has 1 aromatic carbocycles. The molecule has 0 spiro atoms. The summed E-state index contributed by atoms with van der Waals surface area (Å²) in [6.45, 7) is 3.58. The van der Waals surface area contributed by atoms with Crippen LogP contribution in [-0.2, 0) is 6.54 Å². The van der Waals surface area contributed by atoms with Crippen LogP contribution < -0.4 is 10.1 Å². The minimum Gasteiger partial charge on any atom is -0.434 e. The quantitative estimate of drug-likeness (QED) is 0.828. The molecule has 106 valence electrons. The van der Waals surface area contributed by atoms with Gasteiger partial charge in [-0.05, 0) is 25.1 Å². The van der Waals surface area contributed by atoms with E-state index in [-0.39, 0.29) is 16.7 Å². The van der Waals surface area contributed by atoms with Crippen molar-refractivity contribution in [2.24, 2.45) is 0 Å². The highest BCUT2D eigenvalue weighted by atomic mass is 35.5. The molecule has 0 radical (unpaired) electrons. The molecule has 1 N–H and O–H groups in total. The van der Waals surface area contributed by atoms with Crippen LogP contribution in [0, 0.1) is 5.82 Å². The van der Waals surface area contributed by atoms with Crippen LogP contribution in [0.15, 0.2) is 30.6 Å². The summed E-state index contributed by atoms with van der Waals surface area (Å²) in [6, 6.07) is 4.56. The molecule has 2 rings (SSSR count). The molecule has 0 saturated carbocycles. The van der Waals surface area contributed by atoms with Crippen molar-refractivity contribution >= 4 is 11.6 Å². The molecule has 0 aliphatic carbocycles. The van der Waals surface area contributed by atoms with Crippen molar-refractivity contribution in [1.29, 1.82) is 0 Å². The topological polar surface area (TPSA) is 47.0 Å². The second-order valence-corrected chi connectivity index (χ2v) is 4.59. The number of rotatable bonds is 6. The molecule has 2 aromatic rings. The van der Waals surface area contributed by atoms with E-state index in [1.54, 1.807) is 12.3 Å². The number of hydrogen-bond donors (Lipinski definition) is 1. The van der Waals surface area contributed by atoms with Crippen LogP contribution in [0.1, 0.15) is 19.0 Å². The first-order chi connectivity index (χ1) is 9.70. The van der Waals surface area contributed by atoms with Crippen molar-refractivity contribution in [3.63, 3.8) is 0 Å². The van der Waals surface area contributed by atoms with Gasteiger partial charge < -0.3 is 10.1 Å². The highest BCUT2D eigenvalue weighted by molar-refractivity contribution is 6.30. The van der Waals surface area contributed by atoms with Gasteiger partial charge in [-0.25, -0.2) is 9.37 Å². The Bertz CT molecular complexity index is 580. The van der Waals surface area contributed by atoms with Crippen molar-refractivity contribution in [3.8, 4) is 11.6 Å². The molecule has 0 aliphatic rings. The summed E-state index contributed by atoms with van der Waals surface area (Å²) >= 11 is 5.69. The predicted molar refractivity (Wildman–Crippen MR) is 75.5 cm³/mol. The summed E-state index contributed by atoms with van der Waals surface area (Å²) in [4.78, 5) is 8.28. The van der Waals surface area contributed by atoms with E-state index in [2.05, 4.69) is 22.2 Å². The average Bonchev–Trinajstić information content (AvgIpc) is 2.45. The summed E-state index contributed by atoms with van der Waals surface area (Å²) in [5.74, 6) is -0.335. The molecule has 0 unspecified atom stereocenters. The Morgan fingerprint density at radius 3 is 3.00 bits per heavy atom. The zero-order valence-corrected chi connectivity index (χ0v) is 11.8. The zero-order valence-electron chi connectivity index (χ0n) is 11.1. The lowest BCUT2D eigenvalue weighted by molar-refractivity contribution is 0.423. The number of halogens is 2. The van der Waals surface area contributed by atoms with Crippen LogP contribution in [0.25, 0.3) is 0 Å². The van der Waals surface area contributed by atoms with E-state index in [0.717, 1.165) is 18.7 Å². The number of nitrogens with one attached hydrogen (secondary N) is 1. The summed E-state index contributed by atoms with van der Waals surface area (Å²) in [6.07, 6.45) is 4.12. The van der Waals surface area contributed by atoms with Crippen molar-refractivity contribution < 1.29 is 9.13 Å². The van der Waals surface area contributed by atoms with Gasteiger partial charge in [0.2, 0.25) is 5.88 Å². The third-order valence-corrected chi connectivity index (χ3v) is 2.82. The van der Waals surface area contributed by atoms with Crippen LogP contribution in [0.4, 0.5) is 4.39 Å². The van der Waals surface area contributed by atoms with Gasteiger partial charge in [0.15, 0.2) is 11.6 Å². The fraction of sp³-hybridized carbons (Fsp3) is 0.286. The molecular weight excluding hydrogens is 281 g/mol. The molecular formula is C14H15ClFN3O. The lowest BCUT2D eigenvalue weighted by Crippen LogP contribution is -2.15. The highest BCUT2D eigenvalue weighted by Crippen LogP contribution is 2.27. The molecule has 0 amide bonds. The Morgan fingerprint density at radius 2 is 2.20 bits per heavy atom. The molecule has 0 saturated heterocycles. The fourth-order valence-electron chi connectivity index (χ4n) is 1.59. The maximum atomic E-state index is 13.7. The van der Waals surface area contributed by atoms with Crippen LogP contribution in [0.5, 0.6) is 11.6 Å². The van der Waals surface area contributed by atoms with Gasteiger partial charge in [-0.1, -0.05) is 24.6 Å². The zero-order chi connectivity index (χ0) is 14.4. The summed E-state index contributed by atoms with van der Waals surface area (Å²) in [5.41, 5.74) is 0.735. The lowest BCUT2D eigenvalue weighted by atomic mass is 10.3. The Balaban J connectivity index is 2.09. The number of hydrogen-bond acceptors (Lipinski definition) is 4. The van der Waals surface area contributed by atoms with E-state index >= 15 is 0 Å². The first-order valence-corrected chi connectivity index (χ1v) is 6.72. The van der Waals surface area contributed by atoms with Gasteiger partial charge in [0.1, 0.15) is 0 Å². The molecule has 0 bridgehead atoms. The molecule has 6 heteroatoms. The Labute approximate surface area is 122 Å². The van der Waals surface area contributed by atoms with Gasteiger partial charge in [0, 0.05) is 12.7 Å². The van der Waals surface area contributed by atoms with E-state index < -0.39 is 5.82 Å². The normalized spacial score (nSPS) is 10.6. The predicted octanol–water partition coefficient (Wildman–Crippen LogP) is 3.56. The Morgan fingerprint density at radius 1 is 1.35 bits per heavy atom. The molecule has 0 fully saturated rings. The molecule has 20 heavy (non-hydrogen) atoms. The van der Waals surface area contributed by atoms with Gasteiger partial charge in [0.05, 0.1) is 16.9 Å².